The quantitative estimate of drug-likeness (QED) is 0.280. The molecule has 1 aliphatic heterocycles. The van der Waals surface area contributed by atoms with Gasteiger partial charge in [-0.1, -0.05) is 42.5 Å². The van der Waals surface area contributed by atoms with Gasteiger partial charge in [0.25, 0.3) is 5.91 Å². The van der Waals surface area contributed by atoms with Crippen LogP contribution in [0.25, 0.3) is 10.8 Å². The van der Waals surface area contributed by atoms with Gasteiger partial charge in [0.2, 0.25) is 0 Å². The predicted octanol–water partition coefficient (Wildman–Crippen LogP) is 4.58. The highest BCUT2D eigenvalue weighted by Gasteiger charge is 2.41. The summed E-state index contributed by atoms with van der Waals surface area (Å²) >= 11 is 5.52. The van der Waals surface area contributed by atoms with E-state index in [9.17, 15) is 23.2 Å². The summed E-state index contributed by atoms with van der Waals surface area (Å²) in [5.41, 5.74) is 0.557. The number of rotatable bonds is 6. The molecule has 0 spiro atoms. The SMILES string of the molecule is COc1cc(C(=S)N2C[C@@H](Oc3ccc4ccccc4c3)C[C@@H]2C(=O)NO)cc(C(F)(F)F)c1OC. The van der Waals surface area contributed by atoms with Gasteiger partial charge in [-0.15, -0.1) is 0 Å². The van der Waals surface area contributed by atoms with Gasteiger partial charge in [-0.3, -0.25) is 10.0 Å². The number of nitrogens with one attached hydrogen (secondary N) is 1. The van der Waals surface area contributed by atoms with Crippen molar-refractivity contribution in [2.24, 2.45) is 0 Å². The van der Waals surface area contributed by atoms with E-state index in [-0.39, 0.29) is 29.3 Å². The van der Waals surface area contributed by atoms with Crippen LogP contribution in [0.5, 0.6) is 17.2 Å². The Morgan fingerprint density at radius 1 is 1.08 bits per heavy atom. The Balaban J connectivity index is 1.64. The van der Waals surface area contributed by atoms with Crippen LogP contribution in [-0.2, 0) is 11.0 Å². The van der Waals surface area contributed by atoms with Gasteiger partial charge in [0.1, 0.15) is 28.4 Å². The molecule has 11 heteroatoms. The van der Waals surface area contributed by atoms with Crippen LogP contribution in [-0.4, -0.2) is 53.9 Å². The van der Waals surface area contributed by atoms with Gasteiger partial charge in [0.05, 0.1) is 20.8 Å². The molecule has 0 bridgehead atoms. The van der Waals surface area contributed by atoms with Gasteiger partial charge >= 0.3 is 6.18 Å². The third-order valence-electron chi connectivity index (χ3n) is 5.99. The first-order chi connectivity index (χ1) is 17.2. The molecule has 1 heterocycles. The van der Waals surface area contributed by atoms with Crippen LogP contribution in [0.3, 0.4) is 0 Å². The van der Waals surface area contributed by atoms with Crippen molar-refractivity contribution in [2.45, 2.75) is 24.7 Å². The molecule has 2 N–H and O–H groups in total. The van der Waals surface area contributed by atoms with Crippen molar-refractivity contribution >= 4 is 33.9 Å². The lowest BCUT2D eigenvalue weighted by Crippen LogP contribution is -2.44. The Bertz CT molecular complexity index is 1300. The molecule has 2 atom stereocenters. The lowest BCUT2D eigenvalue weighted by molar-refractivity contribution is -0.139. The molecule has 0 saturated carbocycles. The maximum Gasteiger partial charge on any atom is 0.420 e. The molecule has 3 aromatic rings. The van der Waals surface area contributed by atoms with Gasteiger partial charge in [0.15, 0.2) is 11.5 Å². The number of hydroxylamine groups is 1. The smallest absolute Gasteiger partial charge is 0.420 e. The largest absolute Gasteiger partial charge is 0.493 e. The standard InChI is InChI=1S/C25H23F3N2O5S/c1-33-21-11-16(10-19(22(21)34-2)25(26,27)28)24(36)30-13-18(12-20(30)23(31)29-32)35-17-8-7-14-5-3-4-6-15(14)9-17/h3-11,18,20,32H,12-13H2,1-2H3,(H,29,31)/t18-,20+/m0/s1. The summed E-state index contributed by atoms with van der Waals surface area (Å²) in [6.07, 6.45) is -5.11. The Hall–Kier alpha value is -3.57. The van der Waals surface area contributed by atoms with Gasteiger partial charge in [-0.05, 0) is 35.0 Å². The molecule has 4 rings (SSSR count). The zero-order valence-corrected chi connectivity index (χ0v) is 20.2. The highest BCUT2D eigenvalue weighted by atomic mass is 32.1. The minimum Gasteiger partial charge on any atom is -0.493 e. The van der Waals surface area contributed by atoms with Crippen LogP contribution < -0.4 is 19.7 Å². The number of carbonyl (C=O) groups is 1. The Morgan fingerprint density at radius 2 is 1.81 bits per heavy atom. The van der Waals surface area contributed by atoms with Crippen molar-refractivity contribution in [2.75, 3.05) is 20.8 Å². The van der Waals surface area contributed by atoms with Crippen molar-refractivity contribution in [1.82, 2.24) is 10.4 Å². The van der Waals surface area contributed by atoms with Gasteiger partial charge in [-0.25, -0.2) is 5.48 Å². The molecule has 1 fully saturated rings. The third-order valence-corrected chi connectivity index (χ3v) is 6.46. The van der Waals surface area contributed by atoms with Crippen molar-refractivity contribution in [3.63, 3.8) is 0 Å². The topological polar surface area (TPSA) is 80.3 Å². The molecule has 1 aliphatic rings. The number of hydrogen-bond acceptors (Lipinski definition) is 6. The molecule has 0 unspecified atom stereocenters. The molecule has 0 aromatic heterocycles. The number of alkyl halides is 3. The normalized spacial score (nSPS) is 17.7. The summed E-state index contributed by atoms with van der Waals surface area (Å²) in [4.78, 5) is 13.9. The molecule has 190 valence electrons. The van der Waals surface area contributed by atoms with E-state index >= 15 is 0 Å². The number of fused-ring (bicyclic) bond motifs is 1. The van der Waals surface area contributed by atoms with Gasteiger partial charge in [0, 0.05) is 12.0 Å². The third kappa shape index (κ3) is 5.02. The number of halogens is 3. The minimum atomic E-state index is -4.74. The van der Waals surface area contributed by atoms with E-state index in [1.807, 2.05) is 36.4 Å². The summed E-state index contributed by atoms with van der Waals surface area (Å²) in [6.45, 7) is 0.111. The number of ether oxygens (including phenoxy) is 3. The lowest BCUT2D eigenvalue weighted by atomic mass is 10.1. The fraction of sp³-hybridized carbons (Fsp3) is 0.280. The number of benzene rings is 3. The number of hydrogen-bond donors (Lipinski definition) is 2. The maximum atomic E-state index is 13.7. The Labute approximate surface area is 210 Å². The number of carbonyl (C=O) groups excluding carboxylic acids is 1. The first-order valence-corrected chi connectivity index (χ1v) is 11.3. The monoisotopic (exact) mass is 520 g/mol. The molecule has 0 aliphatic carbocycles. The van der Waals surface area contributed by atoms with Crippen LogP contribution in [0.1, 0.15) is 17.5 Å². The fourth-order valence-corrected chi connectivity index (χ4v) is 4.65. The fourth-order valence-electron chi connectivity index (χ4n) is 4.33. The second-order valence-electron chi connectivity index (χ2n) is 8.19. The summed E-state index contributed by atoms with van der Waals surface area (Å²) < 4.78 is 57.3. The maximum absolute atomic E-state index is 13.7. The molecular weight excluding hydrogens is 497 g/mol. The van der Waals surface area contributed by atoms with Crippen molar-refractivity contribution in [3.8, 4) is 17.2 Å². The number of thiocarbonyl (C=S) groups is 1. The number of nitrogens with zero attached hydrogens (tertiary/aromatic N) is 1. The highest BCUT2D eigenvalue weighted by molar-refractivity contribution is 7.80. The molecule has 1 amide bonds. The van der Waals surface area contributed by atoms with E-state index in [0.717, 1.165) is 23.9 Å². The van der Waals surface area contributed by atoms with E-state index < -0.39 is 35.5 Å². The molecule has 1 saturated heterocycles. The van der Waals surface area contributed by atoms with Crippen molar-refractivity contribution in [1.29, 1.82) is 0 Å². The first-order valence-electron chi connectivity index (χ1n) is 10.9. The van der Waals surface area contributed by atoms with E-state index in [1.54, 1.807) is 11.5 Å². The van der Waals surface area contributed by atoms with Crippen LogP contribution in [0.15, 0.2) is 54.6 Å². The van der Waals surface area contributed by atoms with E-state index in [0.29, 0.717) is 5.75 Å². The average Bonchev–Trinajstić information content (AvgIpc) is 3.29. The lowest BCUT2D eigenvalue weighted by Gasteiger charge is -2.26. The molecule has 36 heavy (non-hydrogen) atoms. The molecule has 3 aromatic carbocycles. The predicted molar refractivity (Wildman–Crippen MR) is 130 cm³/mol. The second kappa shape index (κ2) is 10.2. The number of amides is 1. The summed E-state index contributed by atoms with van der Waals surface area (Å²) in [5.74, 6) is -0.810. The van der Waals surface area contributed by atoms with Gasteiger partial charge in [-0.2, -0.15) is 13.2 Å². The van der Waals surface area contributed by atoms with Gasteiger partial charge < -0.3 is 19.1 Å². The number of methoxy groups -OCH3 is 2. The Morgan fingerprint density at radius 3 is 2.44 bits per heavy atom. The van der Waals surface area contributed by atoms with Crippen molar-refractivity contribution in [3.05, 3.63) is 65.7 Å². The second-order valence-corrected chi connectivity index (χ2v) is 8.58. The minimum absolute atomic E-state index is 0.0112. The summed E-state index contributed by atoms with van der Waals surface area (Å²) in [6, 6.07) is 14.5. The zero-order valence-electron chi connectivity index (χ0n) is 19.3. The first kappa shape index (κ1) is 25.5. The van der Waals surface area contributed by atoms with E-state index in [4.69, 9.17) is 26.4 Å². The van der Waals surface area contributed by atoms with Crippen molar-refractivity contribution < 1.29 is 37.4 Å². The van der Waals surface area contributed by atoms with E-state index in [2.05, 4.69) is 0 Å². The molecule has 7 nitrogen and oxygen atoms in total. The highest BCUT2D eigenvalue weighted by Crippen LogP contribution is 2.43. The number of likely N-dealkylation sites (tertiary alicyclic amines) is 1. The average molecular weight is 521 g/mol. The van der Waals surface area contributed by atoms with E-state index in [1.165, 1.54) is 18.1 Å². The van der Waals surface area contributed by atoms with Crippen LogP contribution >= 0.6 is 12.2 Å². The van der Waals surface area contributed by atoms with Crippen LogP contribution in [0.2, 0.25) is 0 Å². The molecular formula is C25H23F3N2O5S. The Kier molecular flexibility index (Phi) is 7.23. The summed E-state index contributed by atoms with van der Waals surface area (Å²) in [7, 11) is 2.33. The van der Waals surface area contributed by atoms with Crippen LogP contribution in [0.4, 0.5) is 13.2 Å². The summed E-state index contributed by atoms with van der Waals surface area (Å²) in [5, 5.41) is 11.3. The van der Waals surface area contributed by atoms with Crippen LogP contribution in [0, 0.1) is 0 Å². The molecule has 0 radical (unpaired) electrons. The zero-order chi connectivity index (χ0) is 26.0.